The Hall–Kier alpha value is -2.70. The van der Waals surface area contributed by atoms with Crippen LogP contribution in [0, 0.1) is 11.8 Å². The molecule has 0 unspecified atom stereocenters. The van der Waals surface area contributed by atoms with Crippen molar-refractivity contribution in [2.24, 2.45) is 11.8 Å². The van der Waals surface area contributed by atoms with Crippen LogP contribution in [0.25, 0.3) is 0 Å². The standard InChI is InChI=1S/C19H24N6O/c1-25-18(26)8-15(19(25)14-4-6-20-7-5-14)11-22-17-9-16(23-12-24-17)21-10-13-2-3-13/h4-7,9,12-13,15,19H,2-3,8,10-11H2,1H3,(H2,21,22,23,24)/t15-,19-/m0/s1. The maximum Gasteiger partial charge on any atom is 0.223 e. The van der Waals surface area contributed by atoms with Gasteiger partial charge in [-0.15, -0.1) is 0 Å². The number of aromatic nitrogens is 3. The summed E-state index contributed by atoms with van der Waals surface area (Å²) in [6.07, 6.45) is 8.28. The van der Waals surface area contributed by atoms with Crippen molar-refractivity contribution in [3.8, 4) is 0 Å². The van der Waals surface area contributed by atoms with Crippen LogP contribution in [-0.4, -0.2) is 45.9 Å². The van der Waals surface area contributed by atoms with Gasteiger partial charge in [0.15, 0.2) is 0 Å². The Bertz CT molecular complexity index is 764. The number of rotatable bonds is 7. The van der Waals surface area contributed by atoms with Gasteiger partial charge < -0.3 is 15.5 Å². The summed E-state index contributed by atoms with van der Waals surface area (Å²) in [6.45, 7) is 1.66. The topological polar surface area (TPSA) is 83.0 Å². The van der Waals surface area contributed by atoms with Crippen molar-refractivity contribution in [1.29, 1.82) is 0 Å². The highest BCUT2D eigenvalue weighted by Crippen LogP contribution is 2.36. The molecule has 2 aromatic rings. The largest absolute Gasteiger partial charge is 0.370 e. The second-order valence-electron chi connectivity index (χ2n) is 7.19. The van der Waals surface area contributed by atoms with Gasteiger partial charge in [-0.25, -0.2) is 9.97 Å². The van der Waals surface area contributed by atoms with E-state index < -0.39 is 0 Å². The third-order valence-corrected chi connectivity index (χ3v) is 5.22. The van der Waals surface area contributed by atoms with Crippen LogP contribution in [0.3, 0.4) is 0 Å². The quantitative estimate of drug-likeness (QED) is 0.796. The Labute approximate surface area is 153 Å². The number of pyridine rings is 1. The van der Waals surface area contributed by atoms with Gasteiger partial charge in [-0.3, -0.25) is 9.78 Å². The third-order valence-electron chi connectivity index (χ3n) is 5.22. The van der Waals surface area contributed by atoms with Gasteiger partial charge in [-0.2, -0.15) is 0 Å². The van der Waals surface area contributed by atoms with Crippen molar-refractivity contribution in [2.75, 3.05) is 30.8 Å². The van der Waals surface area contributed by atoms with E-state index in [2.05, 4.69) is 25.6 Å². The van der Waals surface area contributed by atoms with Gasteiger partial charge in [0.1, 0.15) is 18.0 Å². The van der Waals surface area contributed by atoms with E-state index in [1.165, 1.54) is 12.8 Å². The Morgan fingerprint density at radius 1 is 1.12 bits per heavy atom. The molecule has 0 spiro atoms. The third kappa shape index (κ3) is 3.76. The van der Waals surface area contributed by atoms with Crippen LogP contribution >= 0.6 is 0 Å². The molecule has 2 aliphatic rings. The number of anilines is 2. The lowest BCUT2D eigenvalue weighted by atomic mass is 9.94. The number of carbonyl (C=O) groups excluding carboxylic acids is 1. The average molecular weight is 352 g/mol. The number of amides is 1. The van der Waals surface area contributed by atoms with Crippen molar-refractivity contribution in [3.05, 3.63) is 42.5 Å². The van der Waals surface area contributed by atoms with Gasteiger partial charge >= 0.3 is 0 Å². The second-order valence-corrected chi connectivity index (χ2v) is 7.19. The number of nitrogens with zero attached hydrogens (tertiary/aromatic N) is 4. The zero-order chi connectivity index (χ0) is 17.9. The molecule has 1 aliphatic carbocycles. The molecule has 1 amide bonds. The number of nitrogens with one attached hydrogen (secondary N) is 2. The van der Waals surface area contributed by atoms with E-state index in [4.69, 9.17) is 0 Å². The van der Waals surface area contributed by atoms with Crippen molar-refractivity contribution in [1.82, 2.24) is 19.9 Å². The van der Waals surface area contributed by atoms with E-state index in [1.807, 2.05) is 30.1 Å². The molecule has 136 valence electrons. The van der Waals surface area contributed by atoms with Crippen LogP contribution in [0.1, 0.15) is 30.9 Å². The summed E-state index contributed by atoms with van der Waals surface area (Å²) in [5, 5.41) is 6.75. The summed E-state index contributed by atoms with van der Waals surface area (Å²) in [5.41, 5.74) is 1.12. The lowest BCUT2D eigenvalue weighted by molar-refractivity contribution is -0.127. The second kappa shape index (κ2) is 7.27. The molecule has 4 rings (SSSR count). The van der Waals surface area contributed by atoms with E-state index in [-0.39, 0.29) is 17.9 Å². The summed E-state index contributed by atoms with van der Waals surface area (Å²) >= 11 is 0. The minimum absolute atomic E-state index is 0.0623. The lowest BCUT2D eigenvalue weighted by Crippen LogP contribution is -2.26. The summed E-state index contributed by atoms with van der Waals surface area (Å²) in [7, 11) is 1.87. The highest BCUT2D eigenvalue weighted by atomic mass is 16.2. The highest BCUT2D eigenvalue weighted by molar-refractivity contribution is 5.79. The van der Waals surface area contributed by atoms with Crippen LogP contribution in [0.2, 0.25) is 0 Å². The molecule has 2 atom stereocenters. The molecule has 2 aromatic heterocycles. The fourth-order valence-corrected chi connectivity index (χ4v) is 3.55. The smallest absolute Gasteiger partial charge is 0.223 e. The van der Waals surface area contributed by atoms with Crippen molar-refractivity contribution >= 4 is 17.5 Å². The SMILES string of the molecule is CN1C(=O)C[C@@H](CNc2cc(NCC3CC3)ncn2)[C@@H]1c1ccncc1. The first-order valence-electron chi connectivity index (χ1n) is 9.16. The van der Waals surface area contributed by atoms with Crippen LogP contribution in [-0.2, 0) is 4.79 Å². The molecule has 0 radical (unpaired) electrons. The molecule has 3 heterocycles. The Balaban J connectivity index is 1.41. The normalized spacial score (nSPS) is 22.5. The van der Waals surface area contributed by atoms with Crippen molar-refractivity contribution in [2.45, 2.75) is 25.3 Å². The minimum Gasteiger partial charge on any atom is -0.370 e. The maximum atomic E-state index is 12.2. The fourth-order valence-electron chi connectivity index (χ4n) is 3.55. The van der Waals surface area contributed by atoms with Crippen molar-refractivity contribution in [3.63, 3.8) is 0 Å². The molecule has 1 aliphatic heterocycles. The first-order valence-corrected chi connectivity index (χ1v) is 9.16. The summed E-state index contributed by atoms with van der Waals surface area (Å²) in [6, 6.07) is 5.96. The van der Waals surface area contributed by atoms with E-state index in [9.17, 15) is 4.79 Å². The molecule has 7 heteroatoms. The zero-order valence-electron chi connectivity index (χ0n) is 14.9. The van der Waals surface area contributed by atoms with Gasteiger partial charge in [-0.05, 0) is 36.5 Å². The number of hydrogen-bond acceptors (Lipinski definition) is 6. The molecule has 1 saturated heterocycles. The zero-order valence-corrected chi connectivity index (χ0v) is 14.9. The average Bonchev–Trinajstić information content (AvgIpc) is 3.45. The molecule has 2 N–H and O–H groups in total. The van der Waals surface area contributed by atoms with Crippen molar-refractivity contribution < 1.29 is 4.79 Å². The highest BCUT2D eigenvalue weighted by Gasteiger charge is 2.38. The minimum atomic E-state index is 0.0623. The van der Waals surface area contributed by atoms with E-state index in [0.29, 0.717) is 13.0 Å². The van der Waals surface area contributed by atoms with Crippen LogP contribution in [0.4, 0.5) is 11.6 Å². The van der Waals surface area contributed by atoms with Gasteiger partial charge in [0.05, 0.1) is 6.04 Å². The molecular formula is C19H24N6O. The van der Waals surface area contributed by atoms with Crippen LogP contribution in [0.15, 0.2) is 36.9 Å². The molecule has 0 bridgehead atoms. The van der Waals surface area contributed by atoms with Crippen LogP contribution in [0.5, 0.6) is 0 Å². The van der Waals surface area contributed by atoms with E-state index in [1.54, 1.807) is 18.7 Å². The number of carbonyl (C=O) groups is 1. The summed E-state index contributed by atoms with van der Waals surface area (Å²) < 4.78 is 0. The predicted molar refractivity (Wildman–Crippen MR) is 99.6 cm³/mol. The number of likely N-dealkylation sites (tertiary alicyclic amines) is 1. The maximum absolute atomic E-state index is 12.2. The fraction of sp³-hybridized carbons (Fsp3) is 0.474. The van der Waals surface area contributed by atoms with Crippen LogP contribution < -0.4 is 10.6 Å². The molecule has 0 aromatic carbocycles. The predicted octanol–water partition coefficient (Wildman–Crippen LogP) is 2.33. The first kappa shape index (κ1) is 16.8. The summed E-state index contributed by atoms with van der Waals surface area (Å²) in [5.74, 6) is 2.79. The Morgan fingerprint density at radius 3 is 2.50 bits per heavy atom. The molecule has 2 fully saturated rings. The number of hydrogen-bond donors (Lipinski definition) is 2. The molecule has 1 saturated carbocycles. The van der Waals surface area contributed by atoms with E-state index in [0.717, 1.165) is 29.7 Å². The van der Waals surface area contributed by atoms with Gasteiger partial charge in [0.2, 0.25) is 5.91 Å². The van der Waals surface area contributed by atoms with Gasteiger partial charge in [0, 0.05) is 50.9 Å². The van der Waals surface area contributed by atoms with Gasteiger partial charge in [-0.1, -0.05) is 0 Å². The monoisotopic (exact) mass is 352 g/mol. The van der Waals surface area contributed by atoms with Gasteiger partial charge in [0.25, 0.3) is 0 Å². The molecule has 26 heavy (non-hydrogen) atoms. The molecule has 7 nitrogen and oxygen atoms in total. The Morgan fingerprint density at radius 2 is 1.81 bits per heavy atom. The lowest BCUT2D eigenvalue weighted by Gasteiger charge is -2.25. The van der Waals surface area contributed by atoms with E-state index >= 15 is 0 Å². The first-order chi connectivity index (χ1) is 12.7. The summed E-state index contributed by atoms with van der Waals surface area (Å²) in [4.78, 5) is 26.7. The Kier molecular flexibility index (Phi) is 4.69. The molecular weight excluding hydrogens is 328 g/mol.